The van der Waals surface area contributed by atoms with Gasteiger partial charge in [0.25, 0.3) is 0 Å². The van der Waals surface area contributed by atoms with Crippen molar-refractivity contribution in [1.29, 1.82) is 0 Å². The summed E-state index contributed by atoms with van der Waals surface area (Å²) < 4.78 is 6.99. The minimum Gasteiger partial charge on any atom is -0.382 e. The number of Topliss-reactive ketones (excluding diaryl/α,β-unsaturated/α-hetero) is 1. The highest BCUT2D eigenvalue weighted by Crippen LogP contribution is 2.17. The maximum absolute atomic E-state index is 12.0. The quantitative estimate of drug-likeness (QED) is 0.0443. The largest absolute Gasteiger partial charge is 0.382 e. The van der Waals surface area contributed by atoms with Gasteiger partial charge in [-0.1, -0.05) is 149 Å². The number of benzene rings is 4. The Labute approximate surface area is 320 Å². The van der Waals surface area contributed by atoms with Crippen LogP contribution in [0.4, 0.5) is 0 Å². The van der Waals surface area contributed by atoms with Crippen molar-refractivity contribution in [3.05, 3.63) is 140 Å². The number of hydrogen-bond acceptors (Lipinski definition) is 4. The van der Waals surface area contributed by atoms with Gasteiger partial charge in [0, 0.05) is 34.1 Å². The highest BCUT2D eigenvalue weighted by molar-refractivity contribution is 9.10. The van der Waals surface area contributed by atoms with E-state index in [0.29, 0.717) is 13.0 Å². The fourth-order valence-electron chi connectivity index (χ4n) is 5.15. The molecule has 0 aliphatic carbocycles. The van der Waals surface area contributed by atoms with E-state index in [0.717, 1.165) is 42.5 Å². The van der Waals surface area contributed by atoms with Gasteiger partial charge in [-0.15, -0.1) is 0 Å². The minimum atomic E-state index is 0.249. The van der Waals surface area contributed by atoms with E-state index in [1.165, 1.54) is 79.0 Å². The van der Waals surface area contributed by atoms with Gasteiger partial charge in [0.15, 0.2) is 5.78 Å². The molecule has 0 spiro atoms. The van der Waals surface area contributed by atoms with Crippen LogP contribution in [0.25, 0.3) is 0 Å². The van der Waals surface area contributed by atoms with Crippen LogP contribution in [0.5, 0.6) is 0 Å². The first-order valence-electron chi connectivity index (χ1n) is 18.4. The van der Waals surface area contributed by atoms with E-state index < -0.39 is 0 Å². The lowest BCUT2D eigenvalue weighted by molar-refractivity contribution is -0.237. The molecule has 0 radical (unpaired) electrons. The van der Waals surface area contributed by atoms with Crippen molar-refractivity contribution in [2.75, 3.05) is 19.8 Å². The van der Waals surface area contributed by atoms with Crippen LogP contribution in [-0.4, -0.2) is 30.9 Å². The summed E-state index contributed by atoms with van der Waals surface area (Å²) in [5.74, 6) is 0.249. The normalized spacial score (nSPS) is 10.1. The average Bonchev–Trinajstić information content (AvgIpc) is 3.14. The average molecular weight is 813 g/mol. The molecule has 0 aliphatic rings. The van der Waals surface area contributed by atoms with Gasteiger partial charge >= 0.3 is 0 Å². The lowest BCUT2D eigenvalue weighted by atomic mass is 10.0. The van der Waals surface area contributed by atoms with Crippen LogP contribution >= 0.6 is 31.9 Å². The lowest BCUT2D eigenvalue weighted by Crippen LogP contribution is -1.98. The van der Waals surface area contributed by atoms with Crippen LogP contribution in [0, 0.1) is 0 Å². The maximum Gasteiger partial charge on any atom is 0.162 e. The van der Waals surface area contributed by atoms with E-state index in [2.05, 4.69) is 122 Å². The second kappa shape index (κ2) is 32.3. The molecule has 4 nitrogen and oxygen atoms in total. The predicted molar refractivity (Wildman–Crippen MR) is 219 cm³/mol. The third-order valence-corrected chi connectivity index (χ3v) is 8.80. The molecule has 0 fully saturated rings. The van der Waals surface area contributed by atoms with Crippen LogP contribution < -0.4 is 0 Å². The summed E-state index contributed by atoms with van der Waals surface area (Å²) in [4.78, 5) is 15.6. The Morgan fingerprint density at radius 3 is 1.38 bits per heavy atom. The Bertz CT molecular complexity index is 1340. The van der Waals surface area contributed by atoms with Gasteiger partial charge in [-0.3, -0.25) is 10.1 Å². The molecule has 274 valence electrons. The standard InChI is InChI=1S/C19H21BrO.C19H23Br.C4H10O.C2H6O2/c20-18-13-8-12-17(15-18)19(21)14-7-2-1-4-9-16-10-5-3-6-11-16;20-19-15-9-14-18(16-19)13-6-3-1-2-5-10-17-11-7-4-8-12-17;1-3-5-4-2;1-2-4-3/h3,5-6,8,10-13,15H,1-2,4,7,9,14H2;4,7-9,11-12,14-16H,1-3,5-6,10,13H2;3-4H2,1-2H3;3H,2H2,1H3. The number of rotatable bonds is 19. The molecule has 50 heavy (non-hydrogen) atoms. The maximum atomic E-state index is 12.0. The summed E-state index contributed by atoms with van der Waals surface area (Å²) >= 11 is 6.93. The molecule has 4 aromatic carbocycles. The molecule has 1 N–H and O–H groups in total. The molecule has 0 bridgehead atoms. The van der Waals surface area contributed by atoms with Crippen LogP contribution in [0.3, 0.4) is 0 Å². The van der Waals surface area contributed by atoms with Crippen molar-refractivity contribution in [3.63, 3.8) is 0 Å². The number of ether oxygens (including phenoxy) is 1. The highest BCUT2D eigenvalue weighted by Gasteiger charge is 2.05. The number of unbranched alkanes of at least 4 members (excludes halogenated alkanes) is 7. The number of halogens is 2. The van der Waals surface area contributed by atoms with Crippen molar-refractivity contribution in [3.8, 4) is 0 Å². The van der Waals surface area contributed by atoms with Crippen LogP contribution in [-0.2, 0) is 28.9 Å². The van der Waals surface area contributed by atoms with Crippen molar-refractivity contribution in [2.24, 2.45) is 0 Å². The van der Waals surface area contributed by atoms with Gasteiger partial charge in [-0.25, -0.2) is 4.89 Å². The summed E-state index contributed by atoms with van der Waals surface area (Å²) in [7, 11) is 0. The fourth-order valence-corrected chi connectivity index (χ4v) is 5.99. The molecule has 0 saturated carbocycles. The second-order valence-corrected chi connectivity index (χ2v) is 13.7. The Morgan fingerprint density at radius 2 is 0.940 bits per heavy atom. The van der Waals surface area contributed by atoms with Gasteiger partial charge in [0.2, 0.25) is 0 Å². The van der Waals surface area contributed by atoms with E-state index in [-0.39, 0.29) is 5.78 Å². The van der Waals surface area contributed by atoms with Gasteiger partial charge < -0.3 is 4.74 Å². The molecule has 6 heteroatoms. The fraction of sp³-hybridized carbons (Fsp3) is 0.432. The van der Waals surface area contributed by atoms with Crippen molar-refractivity contribution >= 4 is 37.6 Å². The Kier molecular flexibility index (Phi) is 29.3. The van der Waals surface area contributed by atoms with Gasteiger partial charge in [-0.05, 0) is 107 Å². The Balaban J connectivity index is 0.000000403. The Morgan fingerprint density at radius 1 is 0.520 bits per heavy atom. The SMILES string of the molecule is Brc1cccc(CCCCCCCc2ccccc2)c1.CCOCC.CCOO.O=C(CCCCCCc1ccccc1)c1cccc(Br)c1. The van der Waals surface area contributed by atoms with Crippen molar-refractivity contribution in [1.82, 2.24) is 0 Å². The summed E-state index contributed by atoms with van der Waals surface area (Å²) in [5.41, 5.74) is 5.14. The molecule has 0 aliphatic heterocycles. The molecule has 0 unspecified atom stereocenters. The third-order valence-electron chi connectivity index (χ3n) is 7.81. The zero-order valence-electron chi connectivity index (χ0n) is 30.6. The first-order chi connectivity index (χ1) is 24.4. The lowest BCUT2D eigenvalue weighted by Gasteiger charge is -2.03. The number of ketones is 1. The van der Waals surface area contributed by atoms with Gasteiger partial charge in [0.05, 0.1) is 6.61 Å². The second-order valence-electron chi connectivity index (χ2n) is 11.9. The summed E-state index contributed by atoms with van der Waals surface area (Å²) in [6.07, 6.45) is 15.4. The third kappa shape index (κ3) is 25.4. The van der Waals surface area contributed by atoms with Gasteiger partial charge in [0.1, 0.15) is 0 Å². The molecule has 0 heterocycles. The summed E-state index contributed by atoms with van der Waals surface area (Å²) in [6, 6.07) is 37.7. The van der Waals surface area contributed by atoms with E-state index >= 15 is 0 Å². The first kappa shape index (κ1) is 45.4. The monoisotopic (exact) mass is 810 g/mol. The zero-order valence-corrected chi connectivity index (χ0v) is 33.8. The van der Waals surface area contributed by atoms with Crippen molar-refractivity contribution < 1.29 is 19.7 Å². The van der Waals surface area contributed by atoms with Crippen LogP contribution in [0.1, 0.15) is 112 Å². The molecular formula is C44H60Br2O4. The van der Waals surface area contributed by atoms with E-state index in [4.69, 9.17) is 9.99 Å². The minimum absolute atomic E-state index is 0.249. The molecule has 4 rings (SSSR count). The highest BCUT2D eigenvalue weighted by atomic mass is 79.9. The first-order valence-corrected chi connectivity index (χ1v) is 20.0. The smallest absolute Gasteiger partial charge is 0.162 e. The van der Waals surface area contributed by atoms with Crippen LogP contribution in [0.2, 0.25) is 0 Å². The van der Waals surface area contributed by atoms with E-state index in [1.807, 2.05) is 38.1 Å². The molecular weight excluding hydrogens is 752 g/mol. The summed E-state index contributed by atoms with van der Waals surface area (Å²) in [6.45, 7) is 7.75. The Hall–Kier alpha value is -2.61. The predicted octanol–water partition coefficient (Wildman–Crippen LogP) is 13.5. The molecule has 0 atom stereocenters. The van der Waals surface area contributed by atoms with E-state index in [1.54, 1.807) is 6.92 Å². The molecule has 0 saturated heterocycles. The van der Waals surface area contributed by atoms with Crippen LogP contribution in [0.15, 0.2) is 118 Å². The number of carbonyl (C=O) groups is 1. The molecule has 0 amide bonds. The van der Waals surface area contributed by atoms with Gasteiger partial charge in [-0.2, -0.15) is 0 Å². The summed E-state index contributed by atoms with van der Waals surface area (Å²) in [5, 5.41) is 7.38. The topological polar surface area (TPSA) is 55.8 Å². The zero-order chi connectivity index (χ0) is 36.5. The number of aryl methyl sites for hydroxylation is 3. The number of carbonyl (C=O) groups excluding carboxylic acids is 1. The van der Waals surface area contributed by atoms with Crippen molar-refractivity contribution in [2.45, 2.75) is 104 Å². The molecule has 0 aromatic heterocycles. The van der Waals surface area contributed by atoms with E-state index in [9.17, 15) is 4.79 Å². The molecule has 4 aromatic rings. The number of hydrogen-bond donors (Lipinski definition) is 1.